The number of benzene rings is 3. The average Bonchev–Trinajstić information content (AvgIpc) is 3.10. The summed E-state index contributed by atoms with van der Waals surface area (Å²) in [5.74, 6) is -0.205. The maximum atomic E-state index is 13.1. The van der Waals surface area contributed by atoms with E-state index in [0.717, 1.165) is 27.6 Å². The molecule has 0 saturated carbocycles. The summed E-state index contributed by atoms with van der Waals surface area (Å²) in [5.41, 5.74) is 4.40. The van der Waals surface area contributed by atoms with Crippen LogP contribution in [0.3, 0.4) is 0 Å². The Bertz CT molecular complexity index is 1050. The molecule has 0 aliphatic carbocycles. The van der Waals surface area contributed by atoms with Crippen molar-refractivity contribution in [2.24, 2.45) is 0 Å². The predicted molar refractivity (Wildman–Crippen MR) is 96.0 cm³/mol. The van der Waals surface area contributed by atoms with Crippen molar-refractivity contribution >= 4 is 16.7 Å². The molecule has 0 fully saturated rings. The molecule has 0 atom stereocenters. The van der Waals surface area contributed by atoms with E-state index in [4.69, 9.17) is 0 Å². The zero-order chi connectivity index (χ0) is 17.2. The molecule has 3 nitrogen and oxygen atoms in total. The molecule has 0 aliphatic rings. The topological polar surface area (TPSA) is 45.8 Å². The quantitative estimate of drug-likeness (QED) is 0.547. The summed E-state index contributed by atoms with van der Waals surface area (Å²) in [6.45, 7) is 0. The molecule has 0 amide bonds. The minimum atomic E-state index is -0.260. The van der Waals surface area contributed by atoms with Gasteiger partial charge in [0.25, 0.3) is 0 Å². The number of Topliss-reactive ketones (excluding diaryl/α,β-unsaturated/α-hetero) is 1. The molecule has 1 aromatic heterocycles. The highest BCUT2D eigenvalue weighted by Gasteiger charge is 2.09. The molecule has 0 unspecified atom stereocenters. The second-order valence-corrected chi connectivity index (χ2v) is 5.98. The first-order chi connectivity index (χ1) is 12.2. The molecule has 1 N–H and O–H groups in total. The second-order valence-electron chi connectivity index (χ2n) is 5.98. The van der Waals surface area contributed by atoms with Crippen molar-refractivity contribution in [3.63, 3.8) is 0 Å². The van der Waals surface area contributed by atoms with Crippen LogP contribution < -0.4 is 0 Å². The van der Waals surface area contributed by atoms with Gasteiger partial charge in [-0.15, -0.1) is 0 Å². The first kappa shape index (κ1) is 15.3. The number of halogens is 1. The first-order valence-corrected chi connectivity index (χ1v) is 8.00. The van der Waals surface area contributed by atoms with Gasteiger partial charge in [0.1, 0.15) is 5.82 Å². The third kappa shape index (κ3) is 3.19. The molecule has 3 aromatic carbocycles. The van der Waals surface area contributed by atoms with E-state index in [1.54, 1.807) is 18.3 Å². The number of ketones is 1. The summed E-state index contributed by atoms with van der Waals surface area (Å²) in [6.07, 6.45) is 2.03. The van der Waals surface area contributed by atoms with Gasteiger partial charge in [-0.05, 0) is 47.0 Å². The van der Waals surface area contributed by atoms with E-state index in [0.29, 0.717) is 12.0 Å². The van der Waals surface area contributed by atoms with Crippen molar-refractivity contribution < 1.29 is 9.18 Å². The lowest BCUT2D eigenvalue weighted by atomic mass is 9.98. The zero-order valence-corrected chi connectivity index (χ0v) is 13.4. The van der Waals surface area contributed by atoms with Crippen LogP contribution >= 0.6 is 0 Å². The highest BCUT2D eigenvalue weighted by Crippen LogP contribution is 2.22. The van der Waals surface area contributed by atoms with Crippen LogP contribution in [-0.2, 0) is 6.42 Å². The van der Waals surface area contributed by atoms with Crippen LogP contribution in [0.25, 0.3) is 22.0 Å². The lowest BCUT2D eigenvalue weighted by Gasteiger charge is -2.06. The van der Waals surface area contributed by atoms with Gasteiger partial charge in [-0.3, -0.25) is 9.89 Å². The van der Waals surface area contributed by atoms with Gasteiger partial charge in [0, 0.05) is 17.4 Å². The third-order valence-electron chi connectivity index (χ3n) is 4.23. The lowest BCUT2D eigenvalue weighted by Crippen LogP contribution is -2.03. The molecule has 0 saturated heterocycles. The largest absolute Gasteiger partial charge is 0.294 e. The average molecular weight is 330 g/mol. The number of carbonyl (C=O) groups is 1. The maximum absolute atomic E-state index is 13.1. The number of nitrogens with one attached hydrogen (secondary N) is 1. The van der Waals surface area contributed by atoms with E-state index in [-0.39, 0.29) is 11.6 Å². The van der Waals surface area contributed by atoms with Gasteiger partial charge in [-0.1, -0.05) is 36.4 Å². The van der Waals surface area contributed by atoms with Crippen LogP contribution in [0.1, 0.15) is 15.9 Å². The molecule has 122 valence electrons. The van der Waals surface area contributed by atoms with Gasteiger partial charge in [0.2, 0.25) is 0 Å². The van der Waals surface area contributed by atoms with Crippen LogP contribution in [0.5, 0.6) is 0 Å². The fourth-order valence-corrected chi connectivity index (χ4v) is 2.91. The smallest absolute Gasteiger partial charge is 0.167 e. The third-order valence-corrected chi connectivity index (χ3v) is 4.23. The molecule has 4 heteroatoms. The Morgan fingerprint density at radius 3 is 2.64 bits per heavy atom. The normalized spacial score (nSPS) is 10.9. The van der Waals surface area contributed by atoms with Gasteiger partial charge in [-0.2, -0.15) is 5.10 Å². The number of H-pyrrole nitrogens is 1. The van der Waals surface area contributed by atoms with Crippen molar-refractivity contribution in [1.29, 1.82) is 0 Å². The summed E-state index contributed by atoms with van der Waals surface area (Å²) in [4.78, 5) is 12.6. The van der Waals surface area contributed by atoms with E-state index in [9.17, 15) is 9.18 Å². The number of rotatable bonds is 4. The predicted octanol–water partition coefficient (Wildman–Crippen LogP) is 4.79. The molecule has 4 rings (SSSR count). The van der Waals surface area contributed by atoms with Crippen molar-refractivity contribution in [2.45, 2.75) is 6.42 Å². The molecule has 0 spiro atoms. The maximum Gasteiger partial charge on any atom is 0.167 e. The van der Waals surface area contributed by atoms with Gasteiger partial charge < -0.3 is 0 Å². The van der Waals surface area contributed by atoms with E-state index in [1.807, 2.05) is 42.5 Å². The second kappa shape index (κ2) is 6.32. The summed E-state index contributed by atoms with van der Waals surface area (Å²) in [6, 6.07) is 19.7. The number of hydrogen-bond donors (Lipinski definition) is 1. The highest BCUT2D eigenvalue weighted by atomic mass is 19.1. The summed E-state index contributed by atoms with van der Waals surface area (Å²) >= 11 is 0. The van der Waals surface area contributed by atoms with Crippen LogP contribution in [0.15, 0.2) is 72.9 Å². The van der Waals surface area contributed by atoms with Crippen molar-refractivity contribution in [1.82, 2.24) is 10.2 Å². The number of nitrogens with zero attached hydrogens (tertiary/aromatic N) is 1. The molecule has 0 bridgehead atoms. The van der Waals surface area contributed by atoms with Gasteiger partial charge in [0.05, 0.1) is 11.7 Å². The molecular formula is C21H15FN2O. The molecule has 25 heavy (non-hydrogen) atoms. The summed E-state index contributed by atoms with van der Waals surface area (Å²) < 4.78 is 13.1. The first-order valence-electron chi connectivity index (χ1n) is 8.00. The van der Waals surface area contributed by atoms with Gasteiger partial charge >= 0.3 is 0 Å². The van der Waals surface area contributed by atoms with Crippen molar-refractivity contribution in [2.75, 3.05) is 0 Å². The van der Waals surface area contributed by atoms with E-state index in [1.165, 1.54) is 12.1 Å². The molecule has 0 radical (unpaired) electrons. The summed E-state index contributed by atoms with van der Waals surface area (Å²) in [7, 11) is 0. The Kier molecular flexibility index (Phi) is 3.86. The Morgan fingerprint density at radius 2 is 1.80 bits per heavy atom. The van der Waals surface area contributed by atoms with Crippen LogP contribution in [0.4, 0.5) is 4.39 Å². The number of aromatic nitrogens is 2. The number of aromatic amines is 1. The van der Waals surface area contributed by atoms with E-state index >= 15 is 0 Å². The minimum Gasteiger partial charge on any atom is -0.294 e. The molecule has 0 aliphatic heterocycles. The van der Waals surface area contributed by atoms with Crippen LogP contribution in [-0.4, -0.2) is 16.0 Å². The number of hydrogen-bond acceptors (Lipinski definition) is 2. The summed E-state index contributed by atoms with van der Waals surface area (Å²) in [5, 5.41) is 7.77. The monoisotopic (exact) mass is 330 g/mol. The van der Waals surface area contributed by atoms with E-state index < -0.39 is 0 Å². The van der Waals surface area contributed by atoms with Gasteiger partial charge in [0.15, 0.2) is 5.78 Å². The zero-order valence-electron chi connectivity index (χ0n) is 13.4. The minimum absolute atomic E-state index is 0.0550. The van der Waals surface area contributed by atoms with Gasteiger partial charge in [-0.25, -0.2) is 4.39 Å². The van der Waals surface area contributed by atoms with E-state index in [2.05, 4.69) is 10.2 Å². The lowest BCUT2D eigenvalue weighted by molar-refractivity contribution is 0.0993. The number of carbonyl (C=O) groups excluding carboxylic acids is 1. The fourth-order valence-electron chi connectivity index (χ4n) is 2.91. The Labute approximate surface area is 144 Å². The number of fused-ring (bicyclic) bond motifs is 1. The molecule has 4 aromatic rings. The highest BCUT2D eigenvalue weighted by molar-refractivity contribution is 6.00. The van der Waals surface area contributed by atoms with Crippen LogP contribution in [0, 0.1) is 5.82 Å². The molecular weight excluding hydrogens is 315 g/mol. The Hall–Kier alpha value is -3.27. The van der Waals surface area contributed by atoms with Crippen LogP contribution in [0.2, 0.25) is 0 Å². The molecule has 1 heterocycles. The SMILES string of the molecule is O=C(Cc1cccc(-c2ccc(F)cc2)c1)c1ccc2[nH]ncc2c1. The fraction of sp³-hybridized carbons (Fsp3) is 0.0476. The Balaban J connectivity index is 1.58. The Morgan fingerprint density at radius 1 is 0.960 bits per heavy atom. The van der Waals surface area contributed by atoms with Crippen molar-refractivity contribution in [3.8, 4) is 11.1 Å². The standard InChI is InChI=1S/C21H15FN2O/c22-19-7-4-15(5-8-19)16-3-1-2-14(10-16)11-21(25)17-6-9-20-18(12-17)13-23-24-20/h1-10,12-13H,11H2,(H,23,24). The van der Waals surface area contributed by atoms with Crippen molar-refractivity contribution in [3.05, 3.63) is 89.9 Å².